The van der Waals surface area contributed by atoms with Gasteiger partial charge < -0.3 is 14.8 Å². The molecule has 192 valence electrons. The second kappa shape index (κ2) is 11.7. The van der Waals surface area contributed by atoms with Crippen LogP contribution in [0.5, 0.6) is 5.75 Å². The van der Waals surface area contributed by atoms with Crippen molar-refractivity contribution in [3.63, 3.8) is 0 Å². The molecule has 36 heavy (non-hydrogen) atoms. The standard InChI is InChI=1S/C25H27F3N4O4/c1-4-20(33)22-16(2)23(32(31-22)19-8-6-5-7-9-19)30-24(34)29-13-18-12-17(14-35-3)10-11-21(18)36-15-25(26,27)28/h5-12H,4,13-15H2,1-3H3,(H2,29,30,34). The van der Waals surface area contributed by atoms with E-state index in [1.165, 1.54) is 17.9 Å². The Balaban J connectivity index is 1.82. The molecule has 1 aromatic heterocycles. The molecule has 3 rings (SSSR count). The molecule has 0 saturated carbocycles. The van der Waals surface area contributed by atoms with Crippen LogP contribution < -0.4 is 15.4 Å². The average molecular weight is 505 g/mol. The highest BCUT2D eigenvalue weighted by molar-refractivity contribution is 5.98. The Morgan fingerprint density at radius 2 is 1.83 bits per heavy atom. The molecule has 0 aliphatic heterocycles. The number of alkyl halides is 3. The summed E-state index contributed by atoms with van der Waals surface area (Å²) in [5.41, 5.74) is 2.43. The van der Waals surface area contributed by atoms with Gasteiger partial charge >= 0.3 is 12.2 Å². The van der Waals surface area contributed by atoms with Gasteiger partial charge in [-0.15, -0.1) is 0 Å². The fourth-order valence-corrected chi connectivity index (χ4v) is 3.49. The minimum absolute atomic E-state index is 0.00573. The molecule has 0 aliphatic rings. The Labute approximate surface area is 206 Å². The summed E-state index contributed by atoms with van der Waals surface area (Å²) in [5.74, 6) is 0.123. The maximum absolute atomic E-state index is 12.8. The van der Waals surface area contributed by atoms with Gasteiger partial charge in [0.25, 0.3) is 0 Å². The van der Waals surface area contributed by atoms with Gasteiger partial charge in [0.15, 0.2) is 12.4 Å². The van der Waals surface area contributed by atoms with Crippen LogP contribution in [0.15, 0.2) is 48.5 Å². The molecule has 11 heteroatoms. The van der Waals surface area contributed by atoms with Crippen molar-refractivity contribution in [2.75, 3.05) is 19.0 Å². The van der Waals surface area contributed by atoms with Crippen molar-refractivity contribution < 1.29 is 32.2 Å². The van der Waals surface area contributed by atoms with E-state index in [1.807, 2.05) is 6.07 Å². The maximum Gasteiger partial charge on any atom is 0.422 e. The van der Waals surface area contributed by atoms with Crippen molar-refractivity contribution in [3.05, 3.63) is 70.9 Å². The number of halogens is 3. The molecular weight excluding hydrogens is 477 g/mol. The molecular formula is C25H27F3N4O4. The number of methoxy groups -OCH3 is 1. The van der Waals surface area contributed by atoms with Crippen LogP contribution in [-0.2, 0) is 17.9 Å². The first kappa shape index (κ1) is 26.7. The fourth-order valence-electron chi connectivity index (χ4n) is 3.49. The minimum atomic E-state index is -4.51. The molecule has 2 amide bonds. The van der Waals surface area contributed by atoms with Crippen LogP contribution in [0.25, 0.3) is 5.69 Å². The third kappa shape index (κ3) is 6.85. The molecule has 1 heterocycles. The van der Waals surface area contributed by atoms with Gasteiger partial charge in [0.2, 0.25) is 0 Å². The van der Waals surface area contributed by atoms with Gasteiger partial charge in [-0.25, -0.2) is 9.48 Å². The minimum Gasteiger partial charge on any atom is -0.484 e. The Morgan fingerprint density at radius 1 is 1.11 bits per heavy atom. The molecule has 0 atom stereocenters. The highest BCUT2D eigenvalue weighted by Gasteiger charge is 2.29. The molecule has 0 unspecified atom stereocenters. The number of nitrogens with one attached hydrogen (secondary N) is 2. The topological polar surface area (TPSA) is 94.5 Å². The number of carbonyl (C=O) groups is 2. The number of amides is 2. The molecule has 0 saturated heterocycles. The molecule has 3 aromatic rings. The monoisotopic (exact) mass is 504 g/mol. The first-order valence-corrected chi connectivity index (χ1v) is 11.2. The van der Waals surface area contributed by atoms with Crippen molar-refractivity contribution in [2.24, 2.45) is 0 Å². The quantitative estimate of drug-likeness (QED) is 0.371. The van der Waals surface area contributed by atoms with Gasteiger partial charge in [-0.3, -0.25) is 10.1 Å². The zero-order valence-electron chi connectivity index (χ0n) is 20.1. The van der Waals surface area contributed by atoms with Crippen molar-refractivity contribution in [3.8, 4) is 11.4 Å². The molecule has 0 fully saturated rings. The molecule has 2 N–H and O–H groups in total. The van der Waals surface area contributed by atoms with Crippen LogP contribution in [0.2, 0.25) is 0 Å². The third-order valence-corrected chi connectivity index (χ3v) is 5.21. The van der Waals surface area contributed by atoms with E-state index in [2.05, 4.69) is 15.7 Å². The van der Waals surface area contributed by atoms with E-state index in [9.17, 15) is 22.8 Å². The lowest BCUT2D eigenvalue weighted by Gasteiger charge is -2.16. The molecule has 0 spiro atoms. The van der Waals surface area contributed by atoms with Crippen LogP contribution in [0.4, 0.5) is 23.8 Å². The Hall–Kier alpha value is -3.86. The van der Waals surface area contributed by atoms with E-state index in [0.717, 1.165) is 0 Å². The van der Waals surface area contributed by atoms with E-state index in [1.54, 1.807) is 50.2 Å². The lowest BCUT2D eigenvalue weighted by molar-refractivity contribution is -0.153. The predicted octanol–water partition coefficient (Wildman–Crippen LogP) is 5.18. The number of Topliss-reactive ketones (excluding diaryl/α,β-unsaturated/α-hetero) is 1. The number of hydrogen-bond acceptors (Lipinski definition) is 5. The normalized spacial score (nSPS) is 11.3. The molecule has 2 aromatic carbocycles. The van der Waals surface area contributed by atoms with Gasteiger partial charge in [0.05, 0.1) is 12.3 Å². The number of ether oxygens (including phenoxy) is 2. The first-order chi connectivity index (χ1) is 17.1. The summed E-state index contributed by atoms with van der Waals surface area (Å²) in [5, 5.41) is 9.75. The van der Waals surface area contributed by atoms with E-state index < -0.39 is 18.8 Å². The number of benzene rings is 2. The van der Waals surface area contributed by atoms with E-state index in [4.69, 9.17) is 9.47 Å². The van der Waals surface area contributed by atoms with Crippen molar-refractivity contribution in [1.82, 2.24) is 15.1 Å². The number of para-hydroxylation sites is 1. The smallest absolute Gasteiger partial charge is 0.422 e. The average Bonchev–Trinajstić information content (AvgIpc) is 3.17. The summed E-state index contributed by atoms with van der Waals surface area (Å²) < 4.78 is 49.5. The summed E-state index contributed by atoms with van der Waals surface area (Å²) in [6.07, 6.45) is -4.26. The zero-order chi connectivity index (χ0) is 26.3. The lowest BCUT2D eigenvalue weighted by atomic mass is 10.1. The molecule has 0 aliphatic carbocycles. The highest BCUT2D eigenvalue weighted by atomic mass is 19.4. The van der Waals surface area contributed by atoms with Gasteiger partial charge in [-0.1, -0.05) is 31.2 Å². The number of carbonyl (C=O) groups excluding carboxylic acids is 2. The maximum atomic E-state index is 12.8. The number of rotatable bonds is 10. The van der Waals surface area contributed by atoms with Crippen LogP contribution in [-0.4, -0.2) is 41.5 Å². The highest BCUT2D eigenvalue weighted by Crippen LogP contribution is 2.26. The number of ketones is 1. The second-order valence-electron chi connectivity index (χ2n) is 7.93. The summed E-state index contributed by atoms with van der Waals surface area (Å²) in [6.45, 7) is 2.07. The van der Waals surface area contributed by atoms with Gasteiger partial charge in [0.1, 0.15) is 17.3 Å². The zero-order valence-corrected chi connectivity index (χ0v) is 20.1. The van der Waals surface area contributed by atoms with Crippen molar-refractivity contribution >= 4 is 17.6 Å². The third-order valence-electron chi connectivity index (χ3n) is 5.21. The molecule has 0 radical (unpaired) electrons. The number of aromatic nitrogens is 2. The van der Waals surface area contributed by atoms with Crippen molar-refractivity contribution in [2.45, 2.75) is 39.6 Å². The first-order valence-electron chi connectivity index (χ1n) is 11.2. The summed E-state index contributed by atoms with van der Waals surface area (Å²) >= 11 is 0. The number of hydrogen-bond donors (Lipinski definition) is 2. The Bertz CT molecular complexity index is 1210. The van der Waals surface area contributed by atoms with Gasteiger partial charge in [-0.2, -0.15) is 18.3 Å². The molecule has 8 nitrogen and oxygen atoms in total. The number of nitrogens with zero attached hydrogens (tertiary/aromatic N) is 2. The van der Waals surface area contributed by atoms with E-state index in [-0.39, 0.29) is 36.8 Å². The van der Waals surface area contributed by atoms with Crippen LogP contribution in [0, 0.1) is 6.92 Å². The SMILES string of the molecule is CCC(=O)c1nn(-c2ccccc2)c(NC(=O)NCc2cc(COC)ccc2OCC(F)(F)F)c1C. The summed E-state index contributed by atoms with van der Waals surface area (Å²) in [4.78, 5) is 25.2. The number of urea groups is 1. The summed E-state index contributed by atoms with van der Waals surface area (Å²) in [7, 11) is 1.50. The Morgan fingerprint density at radius 3 is 2.47 bits per heavy atom. The van der Waals surface area contributed by atoms with Crippen LogP contribution >= 0.6 is 0 Å². The fraction of sp³-hybridized carbons (Fsp3) is 0.320. The van der Waals surface area contributed by atoms with E-state index >= 15 is 0 Å². The Kier molecular flexibility index (Phi) is 8.70. The number of anilines is 1. The van der Waals surface area contributed by atoms with Crippen molar-refractivity contribution in [1.29, 1.82) is 0 Å². The predicted molar refractivity (Wildman–Crippen MR) is 127 cm³/mol. The second-order valence-corrected chi connectivity index (χ2v) is 7.93. The van der Waals surface area contributed by atoms with Gasteiger partial charge in [0, 0.05) is 31.2 Å². The largest absolute Gasteiger partial charge is 0.484 e. The van der Waals surface area contributed by atoms with E-state index in [0.29, 0.717) is 28.2 Å². The lowest BCUT2D eigenvalue weighted by Crippen LogP contribution is -2.30. The molecule has 0 bridgehead atoms. The van der Waals surface area contributed by atoms with Crippen LogP contribution in [0.1, 0.15) is 40.5 Å². The summed E-state index contributed by atoms with van der Waals surface area (Å²) in [6, 6.07) is 13.0. The van der Waals surface area contributed by atoms with Gasteiger partial charge in [-0.05, 0) is 36.8 Å². The van der Waals surface area contributed by atoms with Crippen LogP contribution in [0.3, 0.4) is 0 Å².